The van der Waals surface area contributed by atoms with Crippen molar-refractivity contribution in [1.29, 1.82) is 0 Å². The molecule has 0 unspecified atom stereocenters. The fourth-order valence-corrected chi connectivity index (χ4v) is 1.83. The van der Waals surface area contributed by atoms with E-state index < -0.39 is 17.6 Å². The number of hydrogen-bond acceptors (Lipinski definition) is 4. The summed E-state index contributed by atoms with van der Waals surface area (Å²) in [5.41, 5.74) is -1.30. The van der Waals surface area contributed by atoms with Gasteiger partial charge in [0.2, 0.25) is 0 Å². The molecule has 2 N–H and O–H groups in total. The van der Waals surface area contributed by atoms with Crippen molar-refractivity contribution in [3.8, 4) is 0 Å². The predicted octanol–water partition coefficient (Wildman–Crippen LogP) is 3.57. The predicted molar refractivity (Wildman–Crippen MR) is 80.2 cm³/mol. The van der Waals surface area contributed by atoms with Crippen molar-refractivity contribution < 1.29 is 18.0 Å². The van der Waals surface area contributed by atoms with E-state index >= 15 is 0 Å². The van der Waals surface area contributed by atoms with Crippen molar-refractivity contribution in [3.63, 3.8) is 0 Å². The summed E-state index contributed by atoms with van der Waals surface area (Å²) in [5, 5.41) is 12.7. The second-order valence-corrected chi connectivity index (χ2v) is 4.73. The number of nitrogens with zero attached hydrogens (tertiary/aromatic N) is 2. The van der Waals surface area contributed by atoms with Crippen LogP contribution >= 0.6 is 0 Å². The summed E-state index contributed by atoms with van der Waals surface area (Å²) < 4.78 is 38.7. The van der Waals surface area contributed by atoms with E-state index in [1.54, 1.807) is 6.07 Å². The van der Waals surface area contributed by atoms with E-state index in [2.05, 4.69) is 20.8 Å². The van der Waals surface area contributed by atoms with Gasteiger partial charge in [0, 0.05) is 6.54 Å². The Kier molecular flexibility index (Phi) is 5.15. The van der Waals surface area contributed by atoms with E-state index in [9.17, 15) is 18.0 Å². The van der Waals surface area contributed by atoms with Crippen LogP contribution in [-0.2, 0) is 6.18 Å². The van der Waals surface area contributed by atoms with Crippen LogP contribution in [0.2, 0.25) is 0 Å². The maximum Gasteiger partial charge on any atom is 0.418 e. The summed E-state index contributed by atoms with van der Waals surface area (Å²) in [6.45, 7) is 2.69. The summed E-state index contributed by atoms with van der Waals surface area (Å²) >= 11 is 0. The number of aromatic nitrogens is 2. The number of alkyl halides is 3. The van der Waals surface area contributed by atoms with Gasteiger partial charge in [-0.05, 0) is 30.7 Å². The van der Waals surface area contributed by atoms with Crippen LogP contribution in [0.15, 0.2) is 36.4 Å². The van der Waals surface area contributed by atoms with Crippen LogP contribution in [0.1, 0.15) is 29.4 Å². The smallest absolute Gasteiger partial charge is 0.369 e. The van der Waals surface area contributed by atoms with Gasteiger partial charge in [-0.15, -0.1) is 10.2 Å². The molecule has 0 fully saturated rings. The third-order valence-electron chi connectivity index (χ3n) is 2.93. The lowest BCUT2D eigenvalue weighted by Crippen LogP contribution is -2.18. The molecule has 0 spiro atoms. The van der Waals surface area contributed by atoms with Crippen LogP contribution < -0.4 is 10.6 Å². The van der Waals surface area contributed by atoms with E-state index in [1.165, 1.54) is 24.3 Å². The van der Waals surface area contributed by atoms with Gasteiger partial charge in [0.15, 0.2) is 5.69 Å². The number of rotatable bonds is 5. The Morgan fingerprint density at radius 3 is 2.48 bits per heavy atom. The van der Waals surface area contributed by atoms with Crippen LogP contribution in [-0.4, -0.2) is 22.6 Å². The molecule has 0 bridgehead atoms. The molecule has 1 aromatic heterocycles. The Balaban J connectivity index is 2.14. The van der Waals surface area contributed by atoms with Gasteiger partial charge in [-0.2, -0.15) is 13.2 Å². The zero-order valence-corrected chi connectivity index (χ0v) is 12.3. The van der Waals surface area contributed by atoms with Gasteiger partial charge in [-0.1, -0.05) is 19.1 Å². The topological polar surface area (TPSA) is 66.9 Å². The highest BCUT2D eigenvalue weighted by Crippen LogP contribution is 2.34. The average Bonchev–Trinajstić information content (AvgIpc) is 2.53. The lowest BCUT2D eigenvalue weighted by atomic mass is 10.1. The molecule has 1 amide bonds. The maximum absolute atomic E-state index is 12.9. The number of carbonyl (C=O) groups is 1. The largest absolute Gasteiger partial charge is 0.418 e. The Morgan fingerprint density at radius 1 is 1.13 bits per heavy atom. The fourth-order valence-electron chi connectivity index (χ4n) is 1.83. The summed E-state index contributed by atoms with van der Waals surface area (Å²) in [4.78, 5) is 12.0. The minimum atomic E-state index is -4.55. The molecule has 1 aromatic carbocycles. The molecule has 0 radical (unpaired) electrons. The molecule has 2 aromatic rings. The van der Waals surface area contributed by atoms with E-state index in [0.717, 1.165) is 12.5 Å². The Bertz CT molecular complexity index is 671. The number of halogens is 3. The number of anilines is 2. The first kappa shape index (κ1) is 16.7. The molecular formula is C15H15F3N4O. The second-order valence-electron chi connectivity index (χ2n) is 4.73. The quantitative estimate of drug-likeness (QED) is 0.882. The van der Waals surface area contributed by atoms with Gasteiger partial charge in [-0.3, -0.25) is 4.79 Å². The summed E-state index contributed by atoms with van der Waals surface area (Å²) in [5.74, 6) is -0.254. The third-order valence-corrected chi connectivity index (χ3v) is 2.93. The second kappa shape index (κ2) is 7.08. The van der Waals surface area contributed by atoms with Crippen molar-refractivity contribution in [1.82, 2.24) is 10.2 Å². The third kappa shape index (κ3) is 4.41. The highest BCUT2D eigenvalue weighted by molar-refractivity contribution is 6.03. The van der Waals surface area contributed by atoms with E-state index in [-0.39, 0.29) is 11.4 Å². The number of nitrogens with one attached hydrogen (secondary N) is 2. The molecule has 8 heteroatoms. The van der Waals surface area contributed by atoms with E-state index in [1.807, 2.05) is 6.92 Å². The molecule has 1 heterocycles. The van der Waals surface area contributed by atoms with Gasteiger partial charge in [0.1, 0.15) is 5.82 Å². The number of hydrogen-bond donors (Lipinski definition) is 2. The first-order valence-electron chi connectivity index (χ1n) is 6.97. The number of benzene rings is 1. The first-order chi connectivity index (χ1) is 10.9. The van der Waals surface area contributed by atoms with E-state index in [0.29, 0.717) is 12.4 Å². The molecule has 2 rings (SSSR count). The zero-order chi connectivity index (χ0) is 16.9. The molecule has 0 atom stereocenters. The van der Waals surface area contributed by atoms with Crippen molar-refractivity contribution in [2.24, 2.45) is 0 Å². The Labute approximate surface area is 130 Å². The molecule has 0 aliphatic heterocycles. The summed E-state index contributed by atoms with van der Waals surface area (Å²) in [7, 11) is 0. The molecule has 0 saturated carbocycles. The maximum atomic E-state index is 12.9. The zero-order valence-electron chi connectivity index (χ0n) is 12.3. The van der Waals surface area contributed by atoms with Gasteiger partial charge in [0.05, 0.1) is 11.3 Å². The van der Waals surface area contributed by atoms with Crippen molar-refractivity contribution in [2.75, 3.05) is 17.2 Å². The minimum Gasteiger partial charge on any atom is -0.369 e. The molecule has 5 nitrogen and oxygen atoms in total. The molecule has 23 heavy (non-hydrogen) atoms. The lowest BCUT2D eigenvalue weighted by molar-refractivity contribution is -0.136. The number of para-hydroxylation sites is 1. The first-order valence-corrected chi connectivity index (χ1v) is 6.97. The standard InChI is InChI=1S/C15H15F3N4O/c1-2-9-19-13-8-7-12(21-22-13)14(23)20-11-6-4-3-5-10(11)15(16,17)18/h3-8H,2,9H2,1H3,(H,19,22)(H,20,23). The monoisotopic (exact) mass is 324 g/mol. The van der Waals surface area contributed by atoms with Crippen LogP contribution in [0.25, 0.3) is 0 Å². The van der Waals surface area contributed by atoms with Gasteiger partial charge < -0.3 is 10.6 Å². The normalized spacial score (nSPS) is 11.1. The van der Waals surface area contributed by atoms with Crippen molar-refractivity contribution in [3.05, 3.63) is 47.7 Å². The number of carbonyl (C=O) groups excluding carboxylic acids is 1. The van der Waals surface area contributed by atoms with E-state index in [4.69, 9.17) is 0 Å². The molecule has 0 aliphatic carbocycles. The summed E-state index contributed by atoms with van der Waals surface area (Å²) in [6.07, 6.45) is -3.65. The van der Waals surface area contributed by atoms with Crippen molar-refractivity contribution in [2.45, 2.75) is 19.5 Å². The highest BCUT2D eigenvalue weighted by atomic mass is 19.4. The Morgan fingerprint density at radius 2 is 1.87 bits per heavy atom. The SMILES string of the molecule is CCCNc1ccc(C(=O)Nc2ccccc2C(F)(F)F)nn1. The average molecular weight is 324 g/mol. The number of amides is 1. The molecular weight excluding hydrogens is 309 g/mol. The fraction of sp³-hybridized carbons (Fsp3) is 0.267. The summed E-state index contributed by atoms with van der Waals surface area (Å²) in [6, 6.07) is 7.70. The highest BCUT2D eigenvalue weighted by Gasteiger charge is 2.33. The molecule has 0 aliphatic rings. The van der Waals surface area contributed by atoms with Crippen LogP contribution in [0.5, 0.6) is 0 Å². The van der Waals surface area contributed by atoms with Gasteiger partial charge in [0.25, 0.3) is 5.91 Å². The van der Waals surface area contributed by atoms with Gasteiger partial charge >= 0.3 is 6.18 Å². The molecule has 0 saturated heterocycles. The van der Waals surface area contributed by atoms with Crippen molar-refractivity contribution >= 4 is 17.4 Å². The van der Waals surface area contributed by atoms with Gasteiger partial charge in [-0.25, -0.2) is 0 Å². The molecule has 122 valence electrons. The lowest BCUT2D eigenvalue weighted by Gasteiger charge is -2.13. The Hall–Kier alpha value is -2.64. The minimum absolute atomic E-state index is 0.0657. The van der Waals surface area contributed by atoms with Crippen LogP contribution in [0, 0.1) is 0 Å². The van der Waals surface area contributed by atoms with Crippen LogP contribution in [0.3, 0.4) is 0 Å². The van der Waals surface area contributed by atoms with Crippen LogP contribution in [0.4, 0.5) is 24.7 Å².